The highest BCUT2D eigenvalue weighted by atomic mass is 15.0. The number of fused-ring (bicyclic) bond motifs is 5. The third-order valence-electron chi connectivity index (χ3n) is 26.8. The van der Waals surface area contributed by atoms with Crippen molar-refractivity contribution in [2.75, 3.05) is 0 Å². The van der Waals surface area contributed by atoms with E-state index in [2.05, 4.69) is 367 Å². The van der Waals surface area contributed by atoms with E-state index >= 15 is 0 Å². The SMILES string of the molecule is [2H]c1c(C)[n+](C)c(-c2cc(C(C)(C)C)cc(C)c2C)c2ccc(C)cc12.[2H]c1c(C)[n+](C)c(-c2cc(C(C)(C)C)ccc2C)c2ccc(C)cc12.[2H]c1c(C)[n+](C)c(-c2cc(C3CCCC3)ccc2C)c2ccc(C)cc12.[2H]c1c([2H])[n+](C)c(-c2cc(C(C)(C)C)cc(C(C)(C)C)c2C)c2ccc(C)cc12.[2H]c1c([2H])[n+](C)c(-c2cc(C(C)C)cc(C(C)C)c2C)c2ccc(C)cc12. The molecule has 5 heteroatoms. The van der Waals surface area contributed by atoms with Crippen LogP contribution in [0.3, 0.4) is 0 Å². The Kier molecular flexibility index (Phi) is 25.1. The summed E-state index contributed by atoms with van der Waals surface area (Å²) in [4.78, 5) is 0. The maximum Gasteiger partial charge on any atom is 0.220 e. The van der Waals surface area contributed by atoms with Gasteiger partial charge < -0.3 is 0 Å². The molecule has 0 spiro atoms. The highest BCUT2D eigenvalue weighted by molar-refractivity contribution is 5.99. The molecule has 1 aliphatic carbocycles. The Bertz CT molecular complexity index is 7110. The number of rotatable bonds is 8. The van der Waals surface area contributed by atoms with Crippen LogP contribution < -0.4 is 22.8 Å². The van der Waals surface area contributed by atoms with Crippen LogP contribution in [-0.4, -0.2) is 0 Å². The predicted molar refractivity (Wildman–Crippen MR) is 543 cm³/mol. The first-order valence-corrected chi connectivity index (χ1v) is 46.1. The Morgan fingerprint density at radius 1 is 0.310 bits per heavy atom. The van der Waals surface area contributed by atoms with Gasteiger partial charge in [0.05, 0.1) is 56.0 Å². The first-order valence-electron chi connectivity index (χ1n) is 49.6. The van der Waals surface area contributed by atoms with E-state index in [0.29, 0.717) is 41.9 Å². The average molecular weight is 1680 g/mol. The second-order valence-electron chi connectivity index (χ2n) is 41.7. The molecule has 0 aliphatic heterocycles. The van der Waals surface area contributed by atoms with E-state index in [1.807, 2.05) is 63.1 Å². The molecular formula is C121H150N5+5. The number of aromatic nitrogens is 5. The fraction of sp³-hybridized carbons (Fsp3) is 0.380. The number of aryl methyl sites for hydroxylation is 8. The number of benzene rings is 10. The lowest BCUT2D eigenvalue weighted by atomic mass is 9.76. The van der Waals surface area contributed by atoms with Gasteiger partial charge in [0.25, 0.3) is 0 Å². The van der Waals surface area contributed by atoms with Crippen LogP contribution in [0.25, 0.3) is 110 Å². The minimum absolute atomic E-state index is 0.0181. The van der Waals surface area contributed by atoms with E-state index < -0.39 is 0 Å². The van der Waals surface area contributed by atoms with Crippen molar-refractivity contribution in [2.24, 2.45) is 35.2 Å². The molecule has 0 saturated heterocycles. The summed E-state index contributed by atoms with van der Waals surface area (Å²) in [5.74, 6) is 1.59. The predicted octanol–water partition coefficient (Wildman–Crippen LogP) is 30.1. The summed E-state index contributed by atoms with van der Waals surface area (Å²) in [6.45, 7) is 65.7. The molecule has 0 atom stereocenters. The Morgan fingerprint density at radius 2 is 0.659 bits per heavy atom. The first kappa shape index (κ1) is 84.7. The fourth-order valence-corrected chi connectivity index (χ4v) is 18.5. The molecule has 0 bridgehead atoms. The van der Waals surface area contributed by atoms with Crippen molar-refractivity contribution in [3.63, 3.8) is 0 Å². The molecule has 5 nitrogen and oxygen atoms in total. The summed E-state index contributed by atoms with van der Waals surface area (Å²) in [5.41, 5.74) is 38.2. The zero-order valence-corrected chi connectivity index (χ0v) is 83.4. The van der Waals surface area contributed by atoms with Gasteiger partial charge in [-0.25, -0.2) is 9.13 Å². The second kappa shape index (κ2) is 37.3. The van der Waals surface area contributed by atoms with Crippen molar-refractivity contribution in [1.82, 2.24) is 0 Å². The van der Waals surface area contributed by atoms with E-state index in [9.17, 15) is 0 Å². The van der Waals surface area contributed by atoms with Crippen LogP contribution in [0.5, 0.6) is 0 Å². The van der Waals surface area contributed by atoms with Gasteiger partial charge in [-0.3, -0.25) is 0 Å². The minimum atomic E-state index is 0.0181. The summed E-state index contributed by atoms with van der Waals surface area (Å²) in [6.07, 6.45) is 5.85. The van der Waals surface area contributed by atoms with Crippen LogP contribution in [0.1, 0.15) is 281 Å². The molecule has 5 heterocycles. The molecule has 0 amide bonds. The lowest BCUT2D eigenvalue weighted by molar-refractivity contribution is -0.665. The summed E-state index contributed by atoms with van der Waals surface area (Å²) >= 11 is 0. The zero-order valence-electron chi connectivity index (χ0n) is 90.4. The van der Waals surface area contributed by atoms with Gasteiger partial charge in [-0.05, 0) is 288 Å². The number of nitrogens with zero attached hydrogens (tertiary/aromatic N) is 5. The third-order valence-corrected chi connectivity index (χ3v) is 26.8. The van der Waals surface area contributed by atoms with E-state index in [4.69, 9.17) is 9.60 Å². The van der Waals surface area contributed by atoms with Crippen molar-refractivity contribution >= 4 is 53.9 Å². The second-order valence-corrected chi connectivity index (χ2v) is 41.7. The van der Waals surface area contributed by atoms with Crippen molar-refractivity contribution < 1.29 is 32.4 Å². The number of hydrogen-bond acceptors (Lipinski definition) is 0. The van der Waals surface area contributed by atoms with Crippen LogP contribution in [0.4, 0.5) is 0 Å². The van der Waals surface area contributed by atoms with Gasteiger partial charge in [0, 0.05) is 56.5 Å². The van der Waals surface area contributed by atoms with Crippen LogP contribution in [-0.2, 0) is 56.9 Å². The Hall–Kier alpha value is -10.8. The maximum absolute atomic E-state index is 8.60. The van der Waals surface area contributed by atoms with Gasteiger partial charge in [0.15, 0.2) is 29.4 Å². The molecule has 5 aromatic heterocycles. The Morgan fingerprint density at radius 3 is 1.05 bits per heavy atom. The highest BCUT2D eigenvalue weighted by Gasteiger charge is 2.32. The van der Waals surface area contributed by atoms with Gasteiger partial charge in [0.2, 0.25) is 28.5 Å². The number of pyridine rings is 5. The normalized spacial score (nSPS) is 13.5. The van der Waals surface area contributed by atoms with E-state index in [-0.39, 0.29) is 40.0 Å². The lowest BCUT2D eigenvalue weighted by Gasteiger charge is -2.28. The molecule has 1 aliphatic rings. The monoisotopic (exact) mass is 1680 g/mol. The summed E-state index contributed by atoms with van der Waals surface area (Å²) in [5, 5.41) is 10.4. The molecular weight excluding hydrogens is 1520 g/mol. The summed E-state index contributed by atoms with van der Waals surface area (Å²) in [6, 6.07) is 62.1. The largest absolute Gasteiger partial charge is 0.220 e. The summed E-state index contributed by atoms with van der Waals surface area (Å²) in [7, 11) is 10.1. The van der Waals surface area contributed by atoms with Crippen LogP contribution in [0, 0.1) is 96.9 Å². The Labute approximate surface area is 769 Å². The van der Waals surface area contributed by atoms with Crippen molar-refractivity contribution in [1.29, 1.82) is 0 Å². The molecule has 10 aromatic carbocycles. The number of hydrogen-bond donors (Lipinski definition) is 0. The van der Waals surface area contributed by atoms with Crippen molar-refractivity contribution in [2.45, 2.75) is 273 Å². The molecule has 654 valence electrons. The molecule has 1 saturated carbocycles. The minimum Gasteiger partial charge on any atom is -0.200 e. The van der Waals surface area contributed by atoms with E-state index in [0.717, 1.165) is 93.6 Å². The van der Waals surface area contributed by atoms with Crippen molar-refractivity contribution in [3.05, 3.63) is 324 Å². The quantitative estimate of drug-likeness (QED) is 0.135. The Balaban J connectivity index is 0.000000150. The average Bonchev–Trinajstić information content (AvgIpc) is 1.85. The molecule has 15 aromatic rings. The van der Waals surface area contributed by atoms with Gasteiger partial charge in [0.1, 0.15) is 38.0 Å². The van der Waals surface area contributed by atoms with Gasteiger partial charge in [-0.2, -0.15) is 13.7 Å². The molecule has 0 radical (unpaired) electrons. The fourth-order valence-electron chi connectivity index (χ4n) is 18.5. The molecule has 16 rings (SSSR count). The van der Waals surface area contributed by atoms with E-state index in [1.54, 1.807) is 0 Å². The standard InChI is InChI=1S/C26H34N.C24H28N.2C24H30N.C23H28N/c1-17-10-11-21-19(14-17)12-13-27(9)24(21)22-15-20(25(3,4)5)16-23(18(22)2)26(6,7)8;1-16-9-12-22-21(13-16)14-18(3)25(4)24(22)23-15-20(11-10-17(23)2)19-7-5-6-8-19;1-15-9-10-21-19(11-15)13-17(3)25(8)23(21)22-14-20(24(5,6)7)12-16(2)18(22)4;1-15(2)20-13-22(16(3)4)18(6)23(14-20)24-21-9-8-17(5)12-19(21)10-11-25(24)7;1-15-8-11-20-18(12-15)13-17(3)24(7)22(20)21-14-19(23(4,5)6)10-9-16(21)2/h10-16H,1-9H3;9-15,19H,5-8H2,1-4H3;9-14H,1-8H3;8-16H,1-7H3;8-14H,1-7H3/q5*+1/i12D,13D;14D;13D;10D,11D;13D. The van der Waals surface area contributed by atoms with Crippen LogP contribution in [0.15, 0.2) is 206 Å². The third kappa shape index (κ3) is 20.3. The lowest BCUT2D eigenvalue weighted by Crippen LogP contribution is -2.35. The zero-order chi connectivity index (χ0) is 98.3. The highest BCUT2D eigenvalue weighted by Crippen LogP contribution is 2.44. The molecule has 0 unspecified atom stereocenters. The van der Waals surface area contributed by atoms with Gasteiger partial charge in [-0.1, -0.05) is 255 Å². The molecule has 1 fully saturated rings. The molecule has 126 heavy (non-hydrogen) atoms. The van der Waals surface area contributed by atoms with Crippen molar-refractivity contribution in [3.8, 4) is 56.3 Å². The van der Waals surface area contributed by atoms with Crippen LogP contribution in [0.2, 0.25) is 0 Å². The topological polar surface area (TPSA) is 19.4 Å². The smallest absolute Gasteiger partial charge is 0.200 e. The summed E-state index contributed by atoms with van der Waals surface area (Å²) < 4.78 is 70.1. The van der Waals surface area contributed by atoms with E-state index in [1.165, 1.54) is 159 Å². The first-order chi connectivity index (χ1) is 62.0. The van der Waals surface area contributed by atoms with Gasteiger partial charge in [-0.15, -0.1) is 0 Å². The molecule has 0 N–H and O–H groups in total. The maximum atomic E-state index is 8.60. The van der Waals surface area contributed by atoms with Gasteiger partial charge >= 0.3 is 0 Å². The van der Waals surface area contributed by atoms with Crippen LogP contribution >= 0.6 is 0 Å².